The lowest BCUT2D eigenvalue weighted by molar-refractivity contribution is 0.00711. The molecule has 5 heteroatoms. The van der Waals surface area contributed by atoms with E-state index in [1.807, 2.05) is 0 Å². The van der Waals surface area contributed by atoms with Crippen LogP contribution in [0.4, 0.5) is 0 Å². The van der Waals surface area contributed by atoms with Gasteiger partial charge in [0.2, 0.25) is 0 Å². The van der Waals surface area contributed by atoms with Crippen LogP contribution in [-0.2, 0) is 6.54 Å². The maximum absolute atomic E-state index is 9.28. The van der Waals surface area contributed by atoms with Gasteiger partial charge in [-0.15, -0.1) is 0 Å². The zero-order valence-electron chi connectivity index (χ0n) is 15.4. The molecule has 5 nitrogen and oxygen atoms in total. The summed E-state index contributed by atoms with van der Waals surface area (Å²) >= 11 is 0. The molecule has 1 aromatic heterocycles. The lowest BCUT2D eigenvalue weighted by atomic mass is 9.60. The molecule has 1 aromatic carbocycles. The number of likely N-dealkylation sites (tertiary alicyclic amines) is 1. The van der Waals surface area contributed by atoms with Gasteiger partial charge in [0.25, 0.3) is 0 Å². The van der Waals surface area contributed by atoms with Gasteiger partial charge in [-0.3, -0.25) is 4.90 Å². The predicted molar refractivity (Wildman–Crippen MR) is 98.0 cm³/mol. The van der Waals surface area contributed by atoms with Gasteiger partial charge in [0.05, 0.1) is 24.2 Å². The fraction of sp³-hybridized carbons (Fsp3) is 0.550. The molecule has 0 aliphatic carbocycles. The number of hydrogen-bond acceptors (Lipinski definition) is 4. The van der Waals surface area contributed by atoms with Gasteiger partial charge in [0.1, 0.15) is 0 Å². The second kappa shape index (κ2) is 6.97. The first-order valence-corrected chi connectivity index (χ1v) is 8.98. The van der Waals surface area contributed by atoms with Gasteiger partial charge in [-0.2, -0.15) is 20.3 Å². The van der Waals surface area contributed by atoms with Gasteiger partial charge < -0.3 is 0 Å². The molecule has 132 valence electrons. The number of aromatic nitrogens is 3. The Balaban J connectivity index is 1.61. The molecule has 0 radical (unpaired) electrons. The molecule has 0 spiro atoms. The minimum absolute atomic E-state index is 0.147. The van der Waals surface area contributed by atoms with Crippen LogP contribution in [0.3, 0.4) is 0 Å². The first kappa shape index (κ1) is 17.6. The molecule has 1 aliphatic heterocycles. The Hall–Kier alpha value is -2.19. The summed E-state index contributed by atoms with van der Waals surface area (Å²) in [5, 5.41) is 17.6. The van der Waals surface area contributed by atoms with Crippen molar-refractivity contribution < 1.29 is 0 Å². The number of piperidine rings is 1. The molecule has 0 saturated carbocycles. The Kier molecular flexibility index (Phi) is 4.91. The van der Waals surface area contributed by atoms with Gasteiger partial charge in [0, 0.05) is 13.0 Å². The number of rotatable bonds is 4. The molecule has 3 rings (SSSR count). The largest absolute Gasteiger partial charge is 0.299 e. The van der Waals surface area contributed by atoms with Crippen molar-refractivity contribution in [2.75, 3.05) is 13.1 Å². The lowest BCUT2D eigenvalue weighted by Crippen LogP contribution is -2.46. The summed E-state index contributed by atoms with van der Waals surface area (Å²) in [4.78, 5) is 4.13. The smallest absolute Gasteiger partial charge is 0.0856 e. The second-order valence-corrected chi connectivity index (χ2v) is 8.13. The van der Waals surface area contributed by atoms with Crippen LogP contribution < -0.4 is 0 Å². The van der Waals surface area contributed by atoms with Gasteiger partial charge in [-0.25, -0.2) is 0 Å². The summed E-state index contributed by atoms with van der Waals surface area (Å²) in [6.45, 7) is 9.91. The third-order valence-electron chi connectivity index (χ3n) is 5.81. The lowest BCUT2D eigenvalue weighted by Gasteiger charge is -2.49. The minimum Gasteiger partial charge on any atom is -0.299 e. The van der Waals surface area contributed by atoms with Crippen LogP contribution in [0, 0.1) is 22.2 Å². The molecular formula is C20H27N5. The summed E-state index contributed by atoms with van der Waals surface area (Å²) in [5.74, 6) is 0. The molecular weight excluding hydrogens is 310 g/mol. The van der Waals surface area contributed by atoms with E-state index in [-0.39, 0.29) is 10.8 Å². The zero-order valence-corrected chi connectivity index (χ0v) is 15.4. The fourth-order valence-corrected chi connectivity index (χ4v) is 3.82. The van der Waals surface area contributed by atoms with E-state index >= 15 is 0 Å². The van der Waals surface area contributed by atoms with Crippen LogP contribution in [0.1, 0.15) is 45.6 Å². The summed E-state index contributed by atoms with van der Waals surface area (Å²) in [7, 11) is 0. The van der Waals surface area contributed by atoms with E-state index < -0.39 is 0 Å². The molecule has 0 amide bonds. The van der Waals surface area contributed by atoms with Crippen molar-refractivity contribution >= 4 is 0 Å². The highest BCUT2D eigenvalue weighted by molar-refractivity contribution is 5.32. The molecule has 25 heavy (non-hydrogen) atoms. The van der Waals surface area contributed by atoms with E-state index in [0.29, 0.717) is 6.42 Å². The van der Waals surface area contributed by atoms with Crippen LogP contribution in [-0.4, -0.2) is 33.0 Å². The summed E-state index contributed by atoms with van der Waals surface area (Å²) < 4.78 is 0. The van der Waals surface area contributed by atoms with E-state index in [1.54, 1.807) is 17.2 Å². The van der Waals surface area contributed by atoms with E-state index in [2.05, 4.69) is 66.2 Å². The van der Waals surface area contributed by atoms with Crippen LogP contribution in [0.25, 0.3) is 5.69 Å². The highest BCUT2D eigenvalue weighted by atomic mass is 15.5. The SMILES string of the molecule is CC(C)(C)C1(CC#N)CCN(Cc2ccc(-n3nccn3)cc2)CC1. The average molecular weight is 337 g/mol. The fourth-order valence-electron chi connectivity index (χ4n) is 3.82. The second-order valence-electron chi connectivity index (χ2n) is 8.13. The monoisotopic (exact) mass is 337 g/mol. The maximum atomic E-state index is 9.28. The van der Waals surface area contributed by atoms with Gasteiger partial charge in [0.15, 0.2) is 0 Å². The van der Waals surface area contributed by atoms with Gasteiger partial charge in [-0.05, 0) is 54.5 Å². The van der Waals surface area contributed by atoms with Crippen molar-refractivity contribution in [3.8, 4) is 11.8 Å². The van der Waals surface area contributed by atoms with Crippen molar-refractivity contribution in [2.45, 2.75) is 46.6 Å². The van der Waals surface area contributed by atoms with E-state index in [1.165, 1.54) is 5.56 Å². The highest BCUT2D eigenvalue weighted by Gasteiger charge is 2.43. The number of nitriles is 1. The summed E-state index contributed by atoms with van der Waals surface area (Å²) in [6, 6.07) is 10.9. The minimum atomic E-state index is 0.147. The van der Waals surface area contributed by atoms with Crippen LogP contribution in [0.5, 0.6) is 0 Å². The predicted octanol–water partition coefficient (Wildman–Crippen LogP) is 3.81. The average Bonchev–Trinajstić information content (AvgIpc) is 3.11. The van der Waals surface area contributed by atoms with Crippen molar-refractivity contribution in [1.82, 2.24) is 19.9 Å². The van der Waals surface area contributed by atoms with E-state index in [0.717, 1.165) is 38.2 Å². The molecule has 0 bridgehead atoms. The molecule has 1 fully saturated rings. The summed E-state index contributed by atoms with van der Waals surface area (Å²) in [6.07, 6.45) is 6.23. The van der Waals surface area contributed by atoms with Crippen LogP contribution >= 0.6 is 0 Å². The Morgan fingerprint density at radius 3 is 2.20 bits per heavy atom. The first-order chi connectivity index (χ1) is 11.9. The Bertz CT molecular complexity index is 711. The molecule has 2 aromatic rings. The number of nitrogens with zero attached hydrogens (tertiary/aromatic N) is 5. The standard InChI is InChI=1S/C20H27N5/c1-19(2,3)20(8-11-21)9-14-24(15-10-20)16-17-4-6-18(7-5-17)25-22-12-13-23-25/h4-7,12-13H,8-10,14-16H2,1-3H3. The third-order valence-corrected chi connectivity index (χ3v) is 5.81. The van der Waals surface area contributed by atoms with Gasteiger partial charge >= 0.3 is 0 Å². The maximum Gasteiger partial charge on any atom is 0.0856 e. The first-order valence-electron chi connectivity index (χ1n) is 8.98. The van der Waals surface area contributed by atoms with Gasteiger partial charge in [-0.1, -0.05) is 32.9 Å². The van der Waals surface area contributed by atoms with E-state index in [4.69, 9.17) is 0 Å². The molecule has 0 unspecified atom stereocenters. The summed E-state index contributed by atoms with van der Waals surface area (Å²) in [5.41, 5.74) is 2.61. The van der Waals surface area contributed by atoms with Crippen molar-refractivity contribution in [3.63, 3.8) is 0 Å². The van der Waals surface area contributed by atoms with Crippen molar-refractivity contribution in [3.05, 3.63) is 42.2 Å². The highest BCUT2D eigenvalue weighted by Crippen LogP contribution is 2.49. The van der Waals surface area contributed by atoms with Crippen LogP contribution in [0.15, 0.2) is 36.7 Å². The topological polar surface area (TPSA) is 57.7 Å². The van der Waals surface area contributed by atoms with Crippen molar-refractivity contribution in [1.29, 1.82) is 5.26 Å². The Morgan fingerprint density at radius 2 is 1.68 bits per heavy atom. The number of benzene rings is 1. The quantitative estimate of drug-likeness (QED) is 0.851. The zero-order chi connectivity index (χ0) is 17.9. The third kappa shape index (κ3) is 3.74. The Morgan fingerprint density at radius 1 is 1.08 bits per heavy atom. The van der Waals surface area contributed by atoms with Crippen LogP contribution in [0.2, 0.25) is 0 Å². The number of hydrogen-bond donors (Lipinski definition) is 0. The van der Waals surface area contributed by atoms with Crippen molar-refractivity contribution in [2.24, 2.45) is 10.8 Å². The Labute approximate surface area is 150 Å². The molecule has 1 aliphatic rings. The molecule has 2 heterocycles. The van der Waals surface area contributed by atoms with E-state index in [9.17, 15) is 5.26 Å². The normalized spacial score (nSPS) is 18.0. The molecule has 0 N–H and O–H groups in total. The molecule has 0 atom stereocenters. The molecule has 1 saturated heterocycles.